The van der Waals surface area contributed by atoms with Crippen LogP contribution in [0.1, 0.15) is 21.5 Å². The molecule has 1 aliphatic heterocycles. The van der Waals surface area contributed by atoms with Gasteiger partial charge in [-0.05, 0) is 65.7 Å². The normalized spacial score (nSPS) is 14.4. The molecule has 34 heavy (non-hydrogen) atoms. The van der Waals surface area contributed by atoms with E-state index in [0.29, 0.717) is 33.5 Å². The Balaban J connectivity index is 1.84. The van der Waals surface area contributed by atoms with Crippen LogP contribution >= 0.6 is 23.2 Å². The van der Waals surface area contributed by atoms with Crippen LogP contribution in [-0.2, 0) is 4.79 Å². The predicted molar refractivity (Wildman–Crippen MR) is 133 cm³/mol. The number of carbonyl (C=O) groups excluding carboxylic acids is 1. The third-order valence-electron chi connectivity index (χ3n) is 5.29. The summed E-state index contributed by atoms with van der Waals surface area (Å²) in [5, 5.41) is 10.1. The molecule has 1 heterocycles. The van der Waals surface area contributed by atoms with Crippen molar-refractivity contribution in [2.45, 2.75) is 0 Å². The lowest BCUT2D eigenvalue weighted by molar-refractivity contribution is -0.113. The number of methoxy groups -OCH3 is 2. The summed E-state index contributed by atoms with van der Waals surface area (Å²) in [6, 6.07) is 16.8. The van der Waals surface area contributed by atoms with Crippen molar-refractivity contribution in [3.63, 3.8) is 0 Å². The Labute approximate surface area is 206 Å². The molecule has 172 valence electrons. The SMILES string of the molecule is COc1ccc(/C=C2\C=C(c3ccc(Cl)cc3)N(c3ccc(Cl)c(C(=O)O)c3)C2=O)cc1OC. The molecule has 0 unspecified atom stereocenters. The van der Waals surface area contributed by atoms with Gasteiger partial charge in [0.2, 0.25) is 0 Å². The highest BCUT2D eigenvalue weighted by atomic mass is 35.5. The van der Waals surface area contributed by atoms with E-state index in [-0.39, 0.29) is 16.5 Å². The molecule has 1 amide bonds. The molecular formula is C26H19Cl2NO5. The maximum atomic E-state index is 13.5. The molecule has 0 fully saturated rings. The first kappa shape index (κ1) is 23.4. The minimum absolute atomic E-state index is 0.0843. The molecule has 0 saturated carbocycles. The Morgan fingerprint density at radius 1 is 0.941 bits per heavy atom. The first-order valence-corrected chi connectivity index (χ1v) is 10.9. The fourth-order valence-corrected chi connectivity index (χ4v) is 3.97. The monoisotopic (exact) mass is 495 g/mol. The fourth-order valence-electron chi connectivity index (χ4n) is 3.64. The van der Waals surface area contributed by atoms with Crippen LogP contribution in [0.4, 0.5) is 5.69 Å². The van der Waals surface area contributed by atoms with Gasteiger partial charge < -0.3 is 14.6 Å². The van der Waals surface area contributed by atoms with Gasteiger partial charge in [0, 0.05) is 10.6 Å². The molecule has 0 bridgehead atoms. The Bertz CT molecular complexity index is 1350. The van der Waals surface area contributed by atoms with Crippen molar-refractivity contribution in [1.82, 2.24) is 0 Å². The lowest BCUT2D eigenvalue weighted by Gasteiger charge is -2.21. The van der Waals surface area contributed by atoms with E-state index in [1.807, 2.05) is 6.07 Å². The van der Waals surface area contributed by atoms with Crippen molar-refractivity contribution in [2.24, 2.45) is 0 Å². The van der Waals surface area contributed by atoms with E-state index in [4.69, 9.17) is 32.7 Å². The van der Waals surface area contributed by atoms with Crippen LogP contribution in [0.15, 0.2) is 72.3 Å². The van der Waals surface area contributed by atoms with Crippen LogP contribution in [0.2, 0.25) is 10.0 Å². The average molecular weight is 496 g/mol. The molecule has 0 aromatic heterocycles. The first-order valence-electron chi connectivity index (χ1n) is 10.1. The summed E-state index contributed by atoms with van der Waals surface area (Å²) >= 11 is 12.1. The Morgan fingerprint density at radius 2 is 1.65 bits per heavy atom. The molecule has 3 aromatic rings. The van der Waals surface area contributed by atoms with Gasteiger partial charge in [0.1, 0.15) is 0 Å². The number of halogens is 2. The largest absolute Gasteiger partial charge is 0.493 e. The van der Waals surface area contributed by atoms with Crippen molar-refractivity contribution in [3.8, 4) is 11.5 Å². The predicted octanol–water partition coefficient (Wildman–Crippen LogP) is 6.18. The molecule has 3 aromatic carbocycles. The van der Waals surface area contributed by atoms with Crippen molar-refractivity contribution in [3.05, 3.63) is 99.0 Å². The summed E-state index contributed by atoms with van der Waals surface area (Å²) in [5.41, 5.74) is 2.73. The highest BCUT2D eigenvalue weighted by molar-refractivity contribution is 6.34. The number of rotatable bonds is 6. The topological polar surface area (TPSA) is 76.1 Å². The second-order valence-corrected chi connectivity index (χ2v) is 8.20. The number of amides is 1. The summed E-state index contributed by atoms with van der Waals surface area (Å²) < 4.78 is 10.6. The molecule has 0 atom stereocenters. The van der Waals surface area contributed by atoms with E-state index < -0.39 is 5.97 Å². The Hall–Kier alpha value is -3.74. The quantitative estimate of drug-likeness (QED) is 0.413. The van der Waals surface area contributed by atoms with Gasteiger partial charge in [-0.3, -0.25) is 9.69 Å². The van der Waals surface area contributed by atoms with Crippen LogP contribution in [0.25, 0.3) is 11.8 Å². The summed E-state index contributed by atoms with van der Waals surface area (Å²) in [7, 11) is 3.09. The minimum Gasteiger partial charge on any atom is -0.493 e. The molecule has 1 aliphatic rings. The zero-order valence-corrected chi connectivity index (χ0v) is 19.7. The van der Waals surface area contributed by atoms with Crippen LogP contribution in [0, 0.1) is 0 Å². The number of hydrogen-bond acceptors (Lipinski definition) is 4. The number of carboxylic acids is 1. The van der Waals surface area contributed by atoms with E-state index in [9.17, 15) is 14.7 Å². The fraction of sp³-hybridized carbons (Fsp3) is 0.0769. The molecular weight excluding hydrogens is 477 g/mol. The maximum absolute atomic E-state index is 13.5. The van der Waals surface area contributed by atoms with Crippen LogP contribution in [0.3, 0.4) is 0 Å². The van der Waals surface area contributed by atoms with E-state index in [1.165, 1.54) is 24.1 Å². The van der Waals surface area contributed by atoms with Crippen LogP contribution < -0.4 is 14.4 Å². The second kappa shape index (κ2) is 9.63. The molecule has 8 heteroatoms. The summed E-state index contributed by atoms with van der Waals surface area (Å²) in [6.45, 7) is 0. The first-order chi connectivity index (χ1) is 16.3. The minimum atomic E-state index is -1.18. The zero-order valence-electron chi connectivity index (χ0n) is 18.2. The molecule has 0 saturated heterocycles. The third-order valence-corrected chi connectivity index (χ3v) is 5.87. The van der Waals surface area contributed by atoms with E-state index in [1.54, 1.807) is 61.7 Å². The van der Waals surface area contributed by atoms with Gasteiger partial charge in [-0.1, -0.05) is 41.4 Å². The lowest BCUT2D eigenvalue weighted by atomic mass is 10.1. The van der Waals surface area contributed by atoms with E-state index in [0.717, 1.165) is 11.1 Å². The van der Waals surface area contributed by atoms with E-state index in [2.05, 4.69) is 0 Å². The van der Waals surface area contributed by atoms with Gasteiger partial charge in [-0.2, -0.15) is 0 Å². The molecule has 6 nitrogen and oxygen atoms in total. The Morgan fingerprint density at radius 3 is 2.29 bits per heavy atom. The number of hydrogen-bond donors (Lipinski definition) is 1. The van der Waals surface area contributed by atoms with Crippen molar-refractivity contribution < 1.29 is 24.2 Å². The van der Waals surface area contributed by atoms with Gasteiger partial charge in [0.15, 0.2) is 11.5 Å². The second-order valence-electron chi connectivity index (χ2n) is 7.36. The molecule has 0 spiro atoms. The number of anilines is 1. The summed E-state index contributed by atoms with van der Waals surface area (Å²) in [5.74, 6) is -0.399. The molecule has 0 aliphatic carbocycles. The van der Waals surface area contributed by atoms with Gasteiger partial charge in [-0.15, -0.1) is 0 Å². The number of benzene rings is 3. The summed E-state index contributed by atoms with van der Waals surface area (Å²) in [4.78, 5) is 26.6. The number of aromatic carboxylic acids is 1. The highest BCUT2D eigenvalue weighted by Gasteiger charge is 2.31. The lowest BCUT2D eigenvalue weighted by Crippen LogP contribution is -2.25. The number of ether oxygens (including phenoxy) is 2. The smallest absolute Gasteiger partial charge is 0.337 e. The van der Waals surface area contributed by atoms with E-state index >= 15 is 0 Å². The van der Waals surface area contributed by atoms with Gasteiger partial charge in [-0.25, -0.2) is 4.79 Å². The standard InChI is InChI=1S/C26H19Cl2NO5/c1-33-23-10-3-15(12-24(23)34-2)11-17-13-22(16-4-6-18(27)7-5-16)29(25(17)30)19-8-9-21(28)20(14-19)26(31)32/h3-14H,1-2H3,(H,31,32)/b17-11+. The zero-order chi connectivity index (χ0) is 24.4. The van der Waals surface area contributed by atoms with Crippen molar-refractivity contribution >= 4 is 52.5 Å². The highest BCUT2D eigenvalue weighted by Crippen LogP contribution is 2.37. The maximum Gasteiger partial charge on any atom is 0.337 e. The average Bonchev–Trinajstić information content (AvgIpc) is 3.15. The Kier molecular flexibility index (Phi) is 6.63. The molecule has 0 radical (unpaired) electrons. The van der Waals surface area contributed by atoms with Gasteiger partial charge in [0.25, 0.3) is 5.91 Å². The van der Waals surface area contributed by atoms with Gasteiger partial charge >= 0.3 is 5.97 Å². The van der Waals surface area contributed by atoms with Crippen LogP contribution in [-0.4, -0.2) is 31.2 Å². The van der Waals surface area contributed by atoms with Gasteiger partial charge in [0.05, 0.1) is 36.2 Å². The molecule has 1 N–H and O–H groups in total. The number of nitrogens with zero attached hydrogens (tertiary/aromatic N) is 1. The number of carboxylic acid groups (broad SMARTS) is 1. The number of carbonyl (C=O) groups is 2. The van der Waals surface area contributed by atoms with Crippen molar-refractivity contribution in [2.75, 3.05) is 19.1 Å². The van der Waals surface area contributed by atoms with Crippen molar-refractivity contribution in [1.29, 1.82) is 0 Å². The van der Waals surface area contributed by atoms with Crippen LogP contribution in [0.5, 0.6) is 11.5 Å². The molecule has 4 rings (SSSR count). The summed E-state index contributed by atoms with van der Waals surface area (Å²) in [6.07, 6.45) is 3.48. The third kappa shape index (κ3) is 4.51.